The normalized spacial score (nSPS) is 13.6. The molecule has 0 unspecified atom stereocenters. The number of nitrogens with one attached hydrogen (secondary N) is 2. The first-order chi connectivity index (χ1) is 11.1. The molecule has 1 aliphatic carbocycles. The van der Waals surface area contributed by atoms with Crippen LogP contribution in [0.2, 0.25) is 0 Å². The fourth-order valence-corrected chi connectivity index (χ4v) is 3.15. The molecule has 2 aromatic rings. The number of amides is 2. The lowest BCUT2D eigenvalue weighted by Crippen LogP contribution is -2.27. The Morgan fingerprint density at radius 1 is 1.22 bits per heavy atom. The Morgan fingerprint density at radius 2 is 1.96 bits per heavy atom. The summed E-state index contributed by atoms with van der Waals surface area (Å²) in [6.45, 7) is 0.273. The maximum Gasteiger partial charge on any atom is 0.251 e. The molecule has 23 heavy (non-hydrogen) atoms. The Hall–Kier alpha value is -1.80. The van der Waals surface area contributed by atoms with Gasteiger partial charge in [0, 0.05) is 28.9 Å². The molecule has 0 aliphatic heterocycles. The van der Waals surface area contributed by atoms with Crippen LogP contribution in [0.1, 0.15) is 40.5 Å². The van der Waals surface area contributed by atoms with E-state index in [9.17, 15) is 9.59 Å². The quantitative estimate of drug-likeness (QED) is 0.788. The van der Waals surface area contributed by atoms with Gasteiger partial charge in [-0.3, -0.25) is 9.59 Å². The second-order valence-corrected chi connectivity index (χ2v) is 7.21. The van der Waals surface area contributed by atoms with Gasteiger partial charge in [0.05, 0.1) is 0 Å². The van der Waals surface area contributed by atoms with Gasteiger partial charge in [-0.2, -0.15) is 0 Å². The Morgan fingerprint density at radius 3 is 2.65 bits per heavy atom. The van der Waals surface area contributed by atoms with Crippen LogP contribution < -0.4 is 10.6 Å². The molecule has 0 spiro atoms. The predicted octanol–water partition coefficient (Wildman–Crippen LogP) is 2.94. The monoisotopic (exact) mass is 394 g/mol. The number of aromatic nitrogens is 2. The zero-order valence-electron chi connectivity index (χ0n) is 12.2. The number of hydrogen-bond acceptors (Lipinski definition) is 5. The van der Waals surface area contributed by atoms with Gasteiger partial charge in [-0.05, 0) is 37.1 Å². The van der Waals surface area contributed by atoms with Gasteiger partial charge in [-0.25, -0.2) is 0 Å². The maximum absolute atomic E-state index is 11.9. The van der Waals surface area contributed by atoms with Gasteiger partial charge in [0.1, 0.15) is 5.01 Å². The van der Waals surface area contributed by atoms with Crippen molar-refractivity contribution in [3.8, 4) is 0 Å². The Balaban J connectivity index is 1.41. The third-order valence-corrected chi connectivity index (χ3v) is 4.89. The Labute approximate surface area is 145 Å². The van der Waals surface area contributed by atoms with Crippen LogP contribution in [0.25, 0.3) is 0 Å². The molecule has 1 aromatic heterocycles. The zero-order chi connectivity index (χ0) is 16.2. The summed E-state index contributed by atoms with van der Waals surface area (Å²) < 4.78 is 0.913. The van der Waals surface area contributed by atoms with Gasteiger partial charge in [0.15, 0.2) is 0 Å². The van der Waals surface area contributed by atoms with Crippen LogP contribution in [0, 0.1) is 0 Å². The number of benzene rings is 1. The first kappa shape index (κ1) is 16.1. The van der Waals surface area contributed by atoms with E-state index < -0.39 is 0 Å². The van der Waals surface area contributed by atoms with Gasteiger partial charge < -0.3 is 10.6 Å². The second kappa shape index (κ2) is 7.18. The van der Waals surface area contributed by atoms with Gasteiger partial charge >= 0.3 is 0 Å². The fraction of sp³-hybridized carbons (Fsp3) is 0.333. The Kier molecular flexibility index (Phi) is 5.02. The van der Waals surface area contributed by atoms with E-state index >= 15 is 0 Å². The molecule has 1 aliphatic rings. The second-order valence-electron chi connectivity index (χ2n) is 5.28. The van der Waals surface area contributed by atoms with Crippen LogP contribution in [0.3, 0.4) is 0 Å². The van der Waals surface area contributed by atoms with E-state index in [0.29, 0.717) is 16.6 Å². The molecule has 120 valence electrons. The van der Waals surface area contributed by atoms with E-state index in [1.54, 1.807) is 24.3 Å². The SMILES string of the molecule is O=C(CCNC(=O)c1ccc(Br)cc1)Nc1nnc(C2CC2)s1. The number of halogens is 1. The number of nitrogens with zero attached hydrogens (tertiary/aromatic N) is 2. The zero-order valence-corrected chi connectivity index (χ0v) is 14.6. The van der Waals surface area contributed by atoms with E-state index in [0.717, 1.165) is 22.3 Å². The van der Waals surface area contributed by atoms with Gasteiger partial charge in [-0.15, -0.1) is 10.2 Å². The van der Waals surface area contributed by atoms with Crippen LogP contribution >= 0.6 is 27.3 Å². The van der Waals surface area contributed by atoms with Crippen molar-refractivity contribution in [3.63, 3.8) is 0 Å². The van der Waals surface area contributed by atoms with Crippen LogP contribution in [0.15, 0.2) is 28.7 Å². The van der Waals surface area contributed by atoms with Crippen molar-refractivity contribution in [2.45, 2.75) is 25.2 Å². The number of carbonyl (C=O) groups is 2. The highest BCUT2D eigenvalue weighted by molar-refractivity contribution is 9.10. The molecule has 3 rings (SSSR count). The molecule has 1 saturated carbocycles. The smallest absolute Gasteiger partial charge is 0.251 e. The lowest BCUT2D eigenvalue weighted by Gasteiger charge is -2.05. The molecule has 0 atom stereocenters. The third-order valence-electron chi connectivity index (χ3n) is 3.36. The molecule has 1 fully saturated rings. The molecule has 0 saturated heterocycles. The summed E-state index contributed by atoms with van der Waals surface area (Å²) in [6.07, 6.45) is 2.51. The molecule has 0 radical (unpaired) electrons. The number of rotatable bonds is 6. The van der Waals surface area contributed by atoms with Crippen LogP contribution in [-0.2, 0) is 4.79 Å². The average molecular weight is 395 g/mol. The molecule has 2 N–H and O–H groups in total. The van der Waals surface area contributed by atoms with Gasteiger partial charge in [0.2, 0.25) is 11.0 Å². The number of carbonyl (C=O) groups excluding carboxylic acids is 2. The number of anilines is 1. The molecule has 6 nitrogen and oxygen atoms in total. The first-order valence-corrected chi connectivity index (χ1v) is 8.90. The standard InChI is InChI=1S/C15H15BrN4O2S/c16-11-5-3-9(4-6-11)13(22)17-8-7-12(21)18-15-20-19-14(23-15)10-1-2-10/h3-6,10H,1-2,7-8H2,(H,17,22)(H,18,20,21). The highest BCUT2D eigenvalue weighted by atomic mass is 79.9. The third kappa shape index (κ3) is 4.59. The van der Waals surface area contributed by atoms with E-state index in [1.807, 2.05) is 0 Å². The van der Waals surface area contributed by atoms with E-state index in [1.165, 1.54) is 11.3 Å². The van der Waals surface area contributed by atoms with Gasteiger partial charge in [0.25, 0.3) is 5.91 Å². The minimum atomic E-state index is -0.197. The minimum absolute atomic E-state index is 0.181. The van der Waals surface area contributed by atoms with Crippen molar-refractivity contribution < 1.29 is 9.59 Å². The summed E-state index contributed by atoms with van der Waals surface area (Å²) in [5.41, 5.74) is 0.562. The van der Waals surface area contributed by atoms with Crippen LogP contribution in [-0.4, -0.2) is 28.6 Å². The van der Waals surface area contributed by atoms with Crippen LogP contribution in [0.5, 0.6) is 0 Å². The first-order valence-electron chi connectivity index (χ1n) is 7.29. The molecular formula is C15H15BrN4O2S. The summed E-state index contributed by atoms with van der Waals surface area (Å²) in [4.78, 5) is 23.7. The van der Waals surface area contributed by atoms with Crippen molar-refractivity contribution in [1.29, 1.82) is 0 Å². The predicted molar refractivity (Wildman–Crippen MR) is 91.6 cm³/mol. The summed E-state index contributed by atoms with van der Waals surface area (Å²) in [6, 6.07) is 7.04. The fourth-order valence-electron chi connectivity index (χ4n) is 1.96. The molecule has 8 heteroatoms. The van der Waals surface area contributed by atoms with E-state index in [2.05, 4.69) is 36.8 Å². The van der Waals surface area contributed by atoms with Gasteiger partial charge in [-0.1, -0.05) is 27.3 Å². The lowest BCUT2D eigenvalue weighted by atomic mass is 10.2. The van der Waals surface area contributed by atoms with Crippen molar-refractivity contribution in [3.05, 3.63) is 39.3 Å². The van der Waals surface area contributed by atoms with Crippen molar-refractivity contribution >= 4 is 44.2 Å². The highest BCUT2D eigenvalue weighted by Crippen LogP contribution is 2.41. The summed E-state index contributed by atoms with van der Waals surface area (Å²) in [5.74, 6) is 0.153. The maximum atomic E-state index is 11.9. The average Bonchev–Trinajstić information content (AvgIpc) is 3.28. The summed E-state index contributed by atoms with van der Waals surface area (Å²) in [7, 11) is 0. The largest absolute Gasteiger partial charge is 0.352 e. The molecule has 1 aromatic carbocycles. The summed E-state index contributed by atoms with van der Waals surface area (Å²) in [5, 5.41) is 15.0. The van der Waals surface area contributed by atoms with E-state index in [-0.39, 0.29) is 24.8 Å². The molecule has 1 heterocycles. The molecular weight excluding hydrogens is 380 g/mol. The topological polar surface area (TPSA) is 84.0 Å². The van der Waals surface area contributed by atoms with Crippen molar-refractivity contribution in [2.24, 2.45) is 0 Å². The van der Waals surface area contributed by atoms with Crippen molar-refractivity contribution in [2.75, 3.05) is 11.9 Å². The van der Waals surface area contributed by atoms with Crippen molar-refractivity contribution in [1.82, 2.24) is 15.5 Å². The van der Waals surface area contributed by atoms with Crippen LogP contribution in [0.4, 0.5) is 5.13 Å². The summed E-state index contributed by atoms with van der Waals surface area (Å²) >= 11 is 4.74. The lowest BCUT2D eigenvalue weighted by molar-refractivity contribution is -0.116. The minimum Gasteiger partial charge on any atom is -0.352 e. The number of hydrogen-bond donors (Lipinski definition) is 2. The molecule has 0 bridgehead atoms. The molecule has 2 amide bonds. The Bertz CT molecular complexity index is 713. The highest BCUT2D eigenvalue weighted by Gasteiger charge is 2.27. The van der Waals surface area contributed by atoms with E-state index in [4.69, 9.17) is 0 Å².